The Kier molecular flexibility index (Phi) is 6.14. The molecule has 0 aliphatic carbocycles. The fourth-order valence-electron chi connectivity index (χ4n) is 0.803. The Hall–Kier alpha value is 0.300. The van der Waals surface area contributed by atoms with Crippen LogP contribution in [0.4, 0.5) is 0 Å². The second-order valence-corrected chi connectivity index (χ2v) is 7.11. The van der Waals surface area contributed by atoms with Gasteiger partial charge >= 0.3 is 7.60 Å². The Morgan fingerprint density at radius 2 is 1.50 bits per heavy atom. The van der Waals surface area contributed by atoms with Gasteiger partial charge in [-0.05, 0) is 27.7 Å². The molecule has 0 unspecified atom stereocenters. The third-order valence-electron chi connectivity index (χ3n) is 1.13. The SMILES string of the molecule is CC(C)OP(=O)(OC(C)C)[C@@H](Br)C=O. The van der Waals surface area contributed by atoms with Crippen molar-refractivity contribution in [3.05, 3.63) is 0 Å². The molecule has 0 rings (SSSR count). The van der Waals surface area contributed by atoms with Crippen molar-refractivity contribution in [1.29, 1.82) is 0 Å². The van der Waals surface area contributed by atoms with Crippen LogP contribution in [0.2, 0.25) is 0 Å². The summed E-state index contributed by atoms with van der Waals surface area (Å²) in [5.41, 5.74) is 0. The number of hydrogen-bond donors (Lipinski definition) is 0. The van der Waals surface area contributed by atoms with Crippen LogP contribution in [0.3, 0.4) is 0 Å². The molecule has 0 radical (unpaired) electrons. The molecule has 0 heterocycles. The van der Waals surface area contributed by atoms with Gasteiger partial charge in [0.1, 0.15) is 6.29 Å². The monoisotopic (exact) mass is 286 g/mol. The lowest BCUT2D eigenvalue weighted by Crippen LogP contribution is -2.15. The molecule has 0 fully saturated rings. The number of halogens is 1. The normalized spacial score (nSPS) is 14.8. The maximum absolute atomic E-state index is 12.0. The molecule has 0 bridgehead atoms. The van der Waals surface area contributed by atoms with Crippen molar-refractivity contribution in [1.82, 2.24) is 0 Å². The summed E-state index contributed by atoms with van der Waals surface area (Å²) in [6, 6.07) is 0. The van der Waals surface area contributed by atoms with Gasteiger partial charge in [0.25, 0.3) is 0 Å². The van der Waals surface area contributed by atoms with Crippen molar-refractivity contribution in [2.75, 3.05) is 0 Å². The van der Waals surface area contributed by atoms with Gasteiger partial charge in [0, 0.05) is 0 Å². The third kappa shape index (κ3) is 4.69. The minimum Gasteiger partial charge on any atom is -0.305 e. The highest BCUT2D eigenvalue weighted by Crippen LogP contribution is 2.56. The molecular weight excluding hydrogens is 271 g/mol. The fourth-order valence-corrected chi connectivity index (χ4v) is 2.99. The van der Waals surface area contributed by atoms with Gasteiger partial charge in [0.2, 0.25) is 0 Å². The number of alkyl halides is 1. The van der Waals surface area contributed by atoms with E-state index in [0.717, 1.165) is 0 Å². The van der Waals surface area contributed by atoms with E-state index in [4.69, 9.17) is 9.05 Å². The molecule has 0 N–H and O–H groups in total. The summed E-state index contributed by atoms with van der Waals surface area (Å²) < 4.78 is 21.5. The van der Waals surface area contributed by atoms with Gasteiger partial charge in [-0.3, -0.25) is 4.57 Å². The smallest absolute Gasteiger partial charge is 0.305 e. The van der Waals surface area contributed by atoms with Gasteiger partial charge in [-0.15, -0.1) is 0 Å². The average molecular weight is 287 g/mol. The molecule has 0 aromatic rings. The maximum atomic E-state index is 12.0. The first-order valence-corrected chi connectivity index (χ1v) is 6.90. The van der Waals surface area contributed by atoms with E-state index in [1.807, 2.05) is 0 Å². The van der Waals surface area contributed by atoms with E-state index < -0.39 is 12.2 Å². The summed E-state index contributed by atoms with van der Waals surface area (Å²) in [7, 11) is -3.37. The fraction of sp³-hybridized carbons (Fsp3) is 0.875. The number of hydrogen-bond acceptors (Lipinski definition) is 4. The molecule has 0 aromatic heterocycles. The lowest BCUT2D eigenvalue weighted by Gasteiger charge is -2.23. The average Bonchev–Trinajstić information content (AvgIpc) is 1.99. The highest BCUT2D eigenvalue weighted by Gasteiger charge is 2.36. The number of carbonyl (C=O) groups is 1. The standard InChI is InChI=1S/C8H16BrO4P/c1-6(2)12-14(11,8(9)5-10)13-7(3)4/h5-8H,1-4H3/t8-/m1/s1. The largest absolute Gasteiger partial charge is 0.351 e. The van der Waals surface area contributed by atoms with Crippen molar-refractivity contribution in [2.24, 2.45) is 0 Å². The first-order valence-electron chi connectivity index (χ1n) is 4.37. The van der Waals surface area contributed by atoms with E-state index in [9.17, 15) is 9.36 Å². The second-order valence-electron chi connectivity index (χ2n) is 3.36. The van der Waals surface area contributed by atoms with Gasteiger partial charge in [-0.25, -0.2) is 0 Å². The highest BCUT2D eigenvalue weighted by molar-refractivity contribution is 9.11. The second kappa shape index (κ2) is 6.01. The predicted octanol–water partition coefficient (Wildman–Crippen LogP) is 2.95. The van der Waals surface area contributed by atoms with Crippen molar-refractivity contribution >= 4 is 29.8 Å². The zero-order valence-corrected chi connectivity index (χ0v) is 11.2. The molecule has 0 spiro atoms. The van der Waals surface area contributed by atoms with E-state index in [0.29, 0.717) is 6.29 Å². The molecule has 0 aliphatic heterocycles. The van der Waals surface area contributed by atoms with Gasteiger partial charge in [0.05, 0.1) is 12.2 Å². The number of aldehydes is 1. The van der Waals surface area contributed by atoms with Gasteiger partial charge in [-0.1, -0.05) is 15.9 Å². The first-order chi connectivity index (χ1) is 6.31. The topological polar surface area (TPSA) is 52.6 Å². The number of carbonyl (C=O) groups excluding carboxylic acids is 1. The molecular formula is C8H16BrO4P. The highest BCUT2D eigenvalue weighted by atomic mass is 79.9. The lowest BCUT2D eigenvalue weighted by atomic mass is 10.5. The molecule has 84 valence electrons. The van der Waals surface area contributed by atoms with Crippen LogP contribution in [0, 0.1) is 0 Å². The van der Waals surface area contributed by atoms with Crippen molar-refractivity contribution in [3.8, 4) is 0 Å². The molecule has 0 amide bonds. The van der Waals surface area contributed by atoms with E-state index in [-0.39, 0.29) is 12.2 Å². The van der Waals surface area contributed by atoms with Crippen LogP contribution >= 0.6 is 23.5 Å². The quantitative estimate of drug-likeness (QED) is 0.428. The Morgan fingerprint density at radius 1 is 1.14 bits per heavy atom. The summed E-state index contributed by atoms with van der Waals surface area (Å²) in [6.45, 7) is 6.95. The Morgan fingerprint density at radius 3 is 1.71 bits per heavy atom. The Balaban J connectivity index is 4.66. The van der Waals surface area contributed by atoms with E-state index in [1.165, 1.54) is 0 Å². The predicted molar refractivity (Wildman–Crippen MR) is 58.8 cm³/mol. The summed E-state index contributed by atoms with van der Waals surface area (Å²) in [5.74, 6) is 0. The van der Waals surface area contributed by atoms with Gasteiger partial charge in [-0.2, -0.15) is 0 Å². The molecule has 1 atom stereocenters. The summed E-state index contributed by atoms with van der Waals surface area (Å²) in [6.07, 6.45) is 0.0186. The maximum Gasteiger partial charge on any atom is 0.351 e. The van der Waals surface area contributed by atoms with Crippen molar-refractivity contribution in [3.63, 3.8) is 0 Å². The van der Waals surface area contributed by atoms with E-state index in [1.54, 1.807) is 27.7 Å². The summed E-state index contributed by atoms with van der Waals surface area (Å²) >= 11 is 2.98. The minimum atomic E-state index is -3.37. The van der Waals surface area contributed by atoms with Crippen molar-refractivity contribution < 1.29 is 18.4 Å². The van der Waals surface area contributed by atoms with Crippen molar-refractivity contribution in [2.45, 2.75) is 44.5 Å². The van der Waals surface area contributed by atoms with Crippen LogP contribution in [-0.2, 0) is 18.4 Å². The molecule has 0 saturated heterocycles. The molecule has 6 heteroatoms. The first kappa shape index (κ1) is 14.3. The third-order valence-corrected chi connectivity index (χ3v) is 5.01. The van der Waals surface area contributed by atoms with Gasteiger partial charge < -0.3 is 13.8 Å². The van der Waals surface area contributed by atoms with E-state index in [2.05, 4.69) is 15.9 Å². The van der Waals surface area contributed by atoms with Crippen LogP contribution in [0.25, 0.3) is 0 Å². The summed E-state index contributed by atoms with van der Waals surface area (Å²) in [5, 5.41) is 0. The van der Waals surface area contributed by atoms with Crippen LogP contribution in [0.5, 0.6) is 0 Å². The molecule has 0 saturated carbocycles. The van der Waals surface area contributed by atoms with Gasteiger partial charge in [0.15, 0.2) is 4.57 Å². The minimum absolute atomic E-state index is 0.250. The zero-order valence-electron chi connectivity index (χ0n) is 8.77. The number of rotatable bonds is 6. The molecule has 0 aromatic carbocycles. The van der Waals surface area contributed by atoms with Crippen LogP contribution < -0.4 is 0 Å². The van der Waals surface area contributed by atoms with Crippen LogP contribution in [-0.4, -0.2) is 23.1 Å². The lowest BCUT2D eigenvalue weighted by molar-refractivity contribution is -0.106. The molecule has 0 aliphatic rings. The van der Waals surface area contributed by atoms with Crippen LogP contribution in [0.15, 0.2) is 0 Å². The molecule has 14 heavy (non-hydrogen) atoms. The van der Waals surface area contributed by atoms with Crippen LogP contribution in [0.1, 0.15) is 27.7 Å². The van der Waals surface area contributed by atoms with E-state index >= 15 is 0 Å². The Bertz CT molecular complexity index is 215. The summed E-state index contributed by atoms with van der Waals surface area (Å²) in [4.78, 5) is 10.5. The molecule has 4 nitrogen and oxygen atoms in total. The Labute approximate surface area is 93.0 Å². The zero-order chi connectivity index (χ0) is 11.4.